The Hall–Kier alpha value is -5.34. The third-order valence-corrected chi connectivity index (χ3v) is 10.3. The summed E-state index contributed by atoms with van der Waals surface area (Å²) in [5, 5.41) is 20.3. The summed E-state index contributed by atoms with van der Waals surface area (Å²) in [6.07, 6.45) is 1.58. The van der Waals surface area contributed by atoms with E-state index in [-0.39, 0.29) is 27.6 Å². The molecular weight excluding hydrogens is 731 g/mol. The number of rotatable bonds is 9. The predicted octanol–water partition coefficient (Wildman–Crippen LogP) is 7.09. The summed E-state index contributed by atoms with van der Waals surface area (Å²) in [6, 6.07) is 27.2. The second-order valence-electron chi connectivity index (χ2n) is 11.0. The molecule has 1 aliphatic heterocycles. The number of fused-ring (bicyclic) bond motifs is 1. The molecule has 15 heteroatoms. The summed E-state index contributed by atoms with van der Waals surface area (Å²) < 4.78 is 7.26. The third-order valence-electron chi connectivity index (χ3n) is 7.82. The minimum atomic E-state index is -0.832. The number of aromatic nitrogens is 4. The van der Waals surface area contributed by atoms with Gasteiger partial charge in [0.25, 0.3) is 11.2 Å². The number of H-pyrrole nitrogens is 1. The summed E-state index contributed by atoms with van der Waals surface area (Å²) in [5.74, 6) is -0.203. The Morgan fingerprint density at radius 2 is 1.80 bits per heavy atom. The van der Waals surface area contributed by atoms with Crippen LogP contribution in [0.3, 0.4) is 0 Å². The fourth-order valence-electron chi connectivity index (χ4n) is 5.59. The van der Waals surface area contributed by atoms with Crippen molar-refractivity contribution in [3.63, 3.8) is 0 Å². The van der Waals surface area contributed by atoms with E-state index >= 15 is 0 Å². The third kappa shape index (κ3) is 6.88. The van der Waals surface area contributed by atoms with Crippen molar-refractivity contribution in [1.82, 2.24) is 19.7 Å². The molecule has 0 radical (unpaired) electrons. The van der Waals surface area contributed by atoms with Crippen molar-refractivity contribution in [3.8, 4) is 11.4 Å². The number of hydrogen-bond acceptors (Lipinski definition) is 10. The van der Waals surface area contributed by atoms with Crippen molar-refractivity contribution in [2.45, 2.75) is 23.0 Å². The van der Waals surface area contributed by atoms with Gasteiger partial charge in [-0.05, 0) is 60.2 Å². The number of benzene rings is 4. The fourth-order valence-corrected chi connectivity index (χ4v) is 7.89. The maximum absolute atomic E-state index is 14.2. The highest BCUT2D eigenvalue weighted by Gasteiger charge is 2.35. The average Bonchev–Trinajstić information content (AvgIpc) is 3.72. The molecule has 11 nitrogen and oxygen atoms in total. The number of aromatic amines is 1. The van der Waals surface area contributed by atoms with Gasteiger partial charge in [-0.3, -0.25) is 24.6 Å². The van der Waals surface area contributed by atoms with E-state index in [9.17, 15) is 19.7 Å². The van der Waals surface area contributed by atoms with E-state index < -0.39 is 22.5 Å². The van der Waals surface area contributed by atoms with Gasteiger partial charge in [-0.2, -0.15) is 0 Å². The van der Waals surface area contributed by atoms with Gasteiger partial charge in [0.15, 0.2) is 10.6 Å². The molecule has 0 fully saturated rings. The molecule has 1 atom stereocenters. The van der Waals surface area contributed by atoms with E-state index in [1.165, 1.54) is 10.6 Å². The van der Waals surface area contributed by atoms with Crippen LogP contribution in [-0.2, 0) is 9.53 Å². The van der Waals surface area contributed by atoms with Gasteiger partial charge in [-0.25, -0.2) is 14.8 Å². The molecule has 4 aromatic carbocycles. The molecule has 0 aliphatic carbocycles. The SMILES string of the molecule is CCOC(=O)C1=C(c2ccccc2)N=c2s/c(=C/c3ccc(Sc4n[nH]c(-c5ccc(Cl)cc5Cl)n4)c([N+](=O)[O-])c3)c(=O)n2[C@H]1c1ccccc1. The maximum atomic E-state index is 14.2. The Labute approximate surface area is 307 Å². The summed E-state index contributed by atoms with van der Waals surface area (Å²) in [5.41, 5.74) is 2.42. The van der Waals surface area contributed by atoms with E-state index in [4.69, 9.17) is 32.9 Å². The Balaban J connectivity index is 1.31. The van der Waals surface area contributed by atoms with Crippen LogP contribution in [0, 0.1) is 10.1 Å². The van der Waals surface area contributed by atoms with Gasteiger partial charge in [-0.1, -0.05) is 101 Å². The lowest BCUT2D eigenvalue weighted by Gasteiger charge is -2.25. The van der Waals surface area contributed by atoms with Crippen LogP contribution >= 0.6 is 46.3 Å². The van der Waals surface area contributed by atoms with Crippen LogP contribution in [0.5, 0.6) is 0 Å². The highest BCUT2D eigenvalue weighted by molar-refractivity contribution is 7.99. The fraction of sp³-hybridized carbons (Fsp3) is 0.0833. The molecule has 0 spiro atoms. The van der Waals surface area contributed by atoms with Crippen LogP contribution < -0.4 is 14.9 Å². The van der Waals surface area contributed by atoms with E-state index in [2.05, 4.69) is 15.2 Å². The van der Waals surface area contributed by atoms with Gasteiger partial charge in [0.1, 0.15) is 0 Å². The van der Waals surface area contributed by atoms with Crippen molar-refractivity contribution < 1.29 is 14.5 Å². The smallest absolute Gasteiger partial charge is 0.338 e. The summed E-state index contributed by atoms with van der Waals surface area (Å²) >= 11 is 14.5. The number of nitro groups is 1. The van der Waals surface area contributed by atoms with Crippen molar-refractivity contribution in [2.24, 2.45) is 4.99 Å². The molecule has 0 saturated heterocycles. The van der Waals surface area contributed by atoms with E-state index in [0.29, 0.717) is 53.5 Å². The van der Waals surface area contributed by atoms with Crippen LogP contribution in [0.2, 0.25) is 10.0 Å². The lowest BCUT2D eigenvalue weighted by molar-refractivity contribution is -0.387. The molecule has 0 saturated carbocycles. The number of nitrogens with zero attached hydrogens (tertiary/aromatic N) is 5. The molecular formula is C36H24Cl2N6O5S2. The second-order valence-corrected chi connectivity index (χ2v) is 13.9. The molecule has 2 aromatic heterocycles. The van der Waals surface area contributed by atoms with Gasteiger partial charge in [0.2, 0.25) is 5.16 Å². The second kappa shape index (κ2) is 14.5. The highest BCUT2D eigenvalue weighted by atomic mass is 35.5. The minimum Gasteiger partial charge on any atom is -0.463 e. The summed E-state index contributed by atoms with van der Waals surface area (Å²) in [4.78, 5) is 49.5. The number of halogens is 2. The largest absolute Gasteiger partial charge is 0.463 e. The highest BCUT2D eigenvalue weighted by Crippen LogP contribution is 2.37. The zero-order valence-electron chi connectivity index (χ0n) is 26.4. The number of carbonyl (C=O) groups is 1. The maximum Gasteiger partial charge on any atom is 0.338 e. The first kappa shape index (κ1) is 34.1. The first-order valence-electron chi connectivity index (χ1n) is 15.4. The molecule has 0 unspecified atom stereocenters. The molecule has 0 amide bonds. The zero-order chi connectivity index (χ0) is 35.6. The van der Waals surface area contributed by atoms with Crippen LogP contribution in [0.4, 0.5) is 5.69 Å². The predicted molar refractivity (Wildman–Crippen MR) is 197 cm³/mol. The first-order valence-corrected chi connectivity index (χ1v) is 17.8. The Morgan fingerprint density at radius 1 is 1.06 bits per heavy atom. The van der Waals surface area contributed by atoms with Crippen molar-refractivity contribution >= 4 is 69.7 Å². The van der Waals surface area contributed by atoms with Crippen LogP contribution in [0.25, 0.3) is 23.2 Å². The van der Waals surface area contributed by atoms with E-state index in [0.717, 1.165) is 23.1 Å². The molecule has 0 bridgehead atoms. The summed E-state index contributed by atoms with van der Waals surface area (Å²) in [6.45, 7) is 1.85. The Bertz CT molecular complexity index is 2530. The van der Waals surface area contributed by atoms with Crippen molar-refractivity contribution in [3.05, 3.63) is 159 Å². The molecule has 7 rings (SSSR count). The van der Waals surface area contributed by atoms with Gasteiger partial charge >= 0.3 is 5.97 Å². The molecule has 1 N–H and O–H groups in total. The minimum absolute atomic E-state index is 0.136. The Kier molecular flexibility index (Phi) is 9.69. The van der Waals surface area contributed by atoms with E-state index in [1.54, 1.807) is 43.3 Å². The van der Waals surface area contributed by atoms with Crippen LogP contribution in [0.1, 0.15) is 29.7 Å². The Morgan fingerprint density at radius 3 is 2.51 bits per heavy atom. The number of carbonyl (C=O) groups excluding carboxylic acids is 1. The van der Waals surface area contributed by atoms with Crippen molar-refractivity contribution in [1.29, 1.82) is 0 Å². The number of thiazole rings is 1. The number of nitro benzene ring substituents is 1. The monoisotopic (exact) mass is 754 g/mol. The quantitative estimate of drug-likeness (QED) is 0.0936. The van der Waals surface area contributed by atoms with Gasteiger partial charge < -0.3 is 4.74 Å². The van der Waals surface area contributed by atoms with Gasteiger partial charge in [-0.15, -0.1) is 5.10 Å². The number of hydrogen-bond donors (Lipinski definition) is 1. The lowest BCUT2D eigenvalue weighted by atomic mass is 9.93. The van der Waals surface area contributed by atoms with Crippen molar-refractivity contribution in [2.75, 3.05) is 6.61 Å². The topological polar surface area (TPSA) is 145 Å². The number of esters is 1. The van der Waals surface area contributed by atoms with Crippen LogP contribution in [-0.4, -0.2) is 37.2 Å². The average molecular weight is 756 g/mol. The molecule has 1 aliphatic rings. The normalized spacial score (nSPS) is 14.3. The summed E-state index contributed by atoms with van der Waals surface area (Å²) in [7, 11) is 0. The molecule has 3 heterocycles. The van der Waals surface area contributed by atoms with Crippen LogP contribution in [0.15, 0.2) is 122 Å². The van der Waals surface area contributed by atoms with Gasteiger partial charge in [0, 0.05) is 22.2 Å². The number of ether oxygens (including phenoxy) is 1. The molecule has 6 aromatic rings. The zero-order valence-corrected chi connectivity index (χ0v) is 29.6. The number of nitrogens with one attached hydrogen (secondary N) is 1. The molecule has 254 valence electrons. The first-order chi connectivity index (χ1) is 24.7. The van der Waals surface area contributed by atoms with Gasteiger partial charge in [0.05, 0.1) is 43.3 Å². The lowest BCUT2D eigenvalue weighted by Crippen LogP contribution is -2.39. The molecule has 51 heavy (non-hydrogen) atoms. The van der Waals surface area contributed by atoms with E-state index in [1.807, 2.05) is 60.7 Å². The standard InChI is InChI=1S/C36H24Cl2N6O5S2/c1-2-49-34(46)29-30(21-9-5-3-6-10-21)39-36-43(31(29)22-11-7-4-8-12-22)33(45)28(51-36)18-20-13-16-27(26(17-20)44(47)48)50-35-40-32(41-42-35)24-15-14-23(37)19-25(24)38/h3-19,31H,2H2,1H3,(H,40,41,42)/b28-18+/t31-/m0/s1.